The summed E-state index contributed by atoms with van der Waals surface area (Å²) in [5.74, 6) is -0.311. The van der Waals surface area contributed by atoms with Gasteiger partial charge in [-0.3, -0.25) is 9.10 Å². The van der Waals surface area contributed by atoms with Gasteiger partial charge in [0.25, 0.3) is 0 Å². The Kier molecular flexibility index (Phi) is 7.11. The van der Waals surface area contributed by atoms with Gasteiger partial charge in [0.05, 0.1) is 18.0 Å². The lowest BCUT2D eigenvalue weighted by atomic mass is 9.86. The molecule has 2 aromatic carbocycles. The molecule has 0 unspecified atom stereocenters. The van der Waals surface area contributed by atoms with Crippen molar-refractivity contribution in [2.75, 3.05) is 10.6 Å². The van der Waals surface area contributed by atoms with Crippen molar-refractivity contribution in [1.82, 2.24) is 5.32 Å². The first kappa shape index (κ1) is 22.9. The van der Waals surface area contributed by atoms with Crippen molar-refractivity contribution in [2.45, 2.75) is 58.5 Å². The maximum Gasteiger partial charge on any atom is 0.244 e. The van der Waals surface area contributed by atoms with Crippen molar-refractivity contribution in [1.29, 1.82) is 0 Å². The third-order valence-corrected chi connectivity index (χ3v) is 6.16. The molecule has 29 heavy (non-hydrogen) atoms. The van der Waals surface area contributed by atoms with E-state index < -0.39 is 16.1 Å². The number of sulfonamides is 1. The van der Waals surface area contributed by atoms with E-state index in [9.17, 15) is 13.2 Å². The van der Waals surface area contributed by atoms with E-state index >= 15 is 0 Å². The highest BCUT2D eigenvalue weighted by Gasteiger charge is 2.32. The molecule has 0 saturated heterocycles. The molecule has 0 bridgehead atoms. The molecule has 0 aliphatic carbocycles. The minimum absolute atomic E-state index is 0.0595. The Balaban J connectivity index is 2.24. The minimum Gasteiger partial charge on any atom is -0.348 e. The Morgan fingerprint density at radius 3 is 2.03 bits per heavy atom. The van der Waals surface area contributed by atoms with Crippen molar-refractivity contribution in [3.63, 3.8) is 0 Å². The van der Waals surface area contributed by atoms with Crippen LogP contribution < -0.4 is 9.62 Å². The number of nitrogens with zero attached hydrogens (tertiary/aromatic N) is 1. The van der Waals surface area contributed by atoms with Crippen LogP contribution in [0.3, 0.4) is 0 Å². The van der Waals surface area contributed by atoms with E-state index in [4.69, 9.17) is 0 Å². The van der Waals surface area contributed by atoms with E-state index in [0.717, 1.165) is 11.8 Å². The maximum absolute atomic E-state index is 13.0. The molecule has 2 aromatic rings. The van der Waals surface area contributed by atoms with Gasteiger partial charge in [0, 0.05) is 0 Å². The van der Waals surface area contributed by atoms with Crippen LogP contribution in [0.1, 0.15) is 58.2 Å². The zero-order valence-corrected chi connectivity index (χ0v) is 19.0. The molecular formula is C23H32N2O3S. The fourth-order valence-corrected chi connectivity index (χ4v) is 4.51. The lowest BCUT2D eigenvalue weighted by molar-refractivity contribution is -0.122. The van der Waals surface area contributed by atoms with E-state index in [-0.39, 0.29) is 17.4 Å². The van der Waals surface area contributed by atoms with Crippen molar-refractivity contribution in [3.8, 4) is 0 Å². The topological polar surface area (TPSA) is 66.5 Å². The number of nitrogens with one attached hydrogen (secondary N) is 1. The molecule has 0 aromatic heterocycles. The van der Waals surface area contributed by atoms with Gasteiger partial charge in [-0.25, -0.2) is 8.42 Å². The zero-order valence-electron chi connectivity index (χ0n) is 18.1. The maximum atomic E-state index is 13.0. The molecule has 0 fully saturated rings. The lowest BCUT2D eigenvalue weighted by Gasteiger charge is -2.31. The van der Waals surface area contributed by atoms with Crippen LogP contribution in [-0.2, 0) is 20.2 Å². The van der Waals surface area contributed by atoms with Crippen LogP contribution in [0, 0.1) is 0 Å². The fourth-order valence-electron chi connectivity index (χ4n) is 3.30. The number of hydrogen-bond donors (Lipinski definition) is 1. The molecule has 5 nitrogen and oxygen atoms in total. The number of amides is 1. The van der Waals surface area contributed by atoms with E-state index in [2.05, 4.69) is 38.2 Å². The first-order chi connectivity index (χ1) is 13.4. The van der Waals surface area contributed by atoms with E-state index in [1.54, 1.807) is 24.3 Å². The van der Waals surface area contributed by atoms with Crippen LogP contribution in [-0.4, -0.2) is 26.6 Å². The minimum atomic E-state index is -3.62. The van der Waals surface area contributed by atoms with Gasteiger partial charge in [0.2, 0.25) is 15.9 Å². The van der Waals surface area contributed by atoms with Gasteiger partial charge in [-0.15, -0.1) is 0 Å². The van der Waals surface area contributed by atoms with Crippen LogP contribution in [0.4, 0.5) is 5.69 Å². The summed E-state index contributed by atoms with van der Waals surface area (Å²) in [6.45, 7) is 10.2. The van der Waals surface area contributed by atoms with Crippen LogP contribution in [0.2, 0.25) is 0 Å². The number of carbonyl (C=O) groups excluding carboxylic acids is 1. The van der Waals surface area contributed by atoms with Gasteiger partial charge in [0.1, 0.15) is 6.04 Å². The molecule has 1 amide bonds. The predicted molar refractivity (Wildman–Crippen MR) is 120 cm³/mol. The molecule has 2 atom stereocenters. The predicted octanol–water partition coefficient (Wildman–Crippen LogP) is 4.41. The second-order valence-electron chi connectivity index (χ2n) is 8.42. The Morgan fingerprint density at radius 2 is 1.59 bits per heavy atom. The molecule has 0 radical (unpaired) electrons. The van der Waals surface area contributed by atoms with Crippen molar-refractivity contribution in [3.05, 3.63) is 65.7 Å². The summed E-state index contributed by atoms with van der Waals surface area (Å²) in [4.78, 5) is 13.0. The number of anilines is 1. The van der Waals surface area contributed by atoms with E-state index in [0.29, 0.717) is 12.1 Å². The second kappa shape index (κ2) is 8.99. The molecule has 0 heterocycles. The van der Waals surface area contributed by atoms with Crippen molar-refractivity contribution in [2.24, 2.45) is 0 Å². The number of rotatable bonds is 7. The molecule has 0 aliphatic rings. The Morgan fingerprint density at radius 1 is 1.03 bits per heavy atom. The third kappa shape index (κ3) is 5.82. The molecule has 6 heteroatoms. The normalized spacial score (nSPS) is 14.1. The summed E-state index contributed by atoms with van der Waals surface area (Å²) in [7, 11) is -3.62. The average molecular weight is 417 g/mol. The summed E-state index contributed by atoms with van der Waals surface area (Å²) < 4.78 is 26.1. The van der Waals surface area contributed by atoms with Gasteiger partial charge in [0.15, 0.2) is 0 Å². The first-order valence-electron chi connectivity index (χ1n) is 9.90. The summed E-state index contributed by atoms with van der Waals surface area (Å²) in [6, 6.07) is 15.9. The number of benzene rings is 2. The van der Waals surface area contributed by atoms with Gasteiger partial charge < -0.3 is 5.32 Å². The molecular weight excluding hydrogens is 384 g/mol. The Hall–Kier alpha value is -2.34. The highest BCUT2D eigenvalue weighted by atomic mass is 32.2. The number of hydrogen-bond acceptors (Lipinski definition) is 3. The second-order valence-corrected chi connectivity index (χ2v) is 10.3. The summed E-state index contributed by atoms with van der Waals surface area (Å²) in [6.07, 6.45) is 1.49. The highest BCUT2D eigenvalue weighted by molar-refractivity contribution is 7.92. The smallest absolute Gasteiger partial charge is 0.244 e. The summed E-state index contributed by atoms with van der Waals surface area (Å²) in [5.41, 5.74) is 2.74. The molecule has 0 spiro atoms. The van der Waals surface area contributed by atoms with Gasteiger partial charge >= 0.3 is 0 Å². The van der Waals surface area contributed by atoms with Gasteiger partial charge in [-0.2, -0.15) is 0 Å². The molecule has 2 rings (SSSR count). The van der Waals surface area contributed by atoms with Gasteiger partial charge in [-0.1, -0.05) is 70.2 Å². The average Bonchev–Trinajstić information content (AvgIpc) is 2.64. The highest BCUT2D eigenvalue weighted by Crippen LogP contribution is 2.25. The molecule has 0 aliphatic heterocycles. The molecule has 1 N–H and O–H groups in total. The Bertz CT molecular complexity index is 917. The van der Waals surface area contributed by atoms with Gasteiger partial charge in [-0.05, 0) is 42.0 Å². The first-order valence-corrected chi connectivity index (χ1v) is 11.7. The van der Waals surface area contributed by atoms with Crippen molar-refractivity contribution >= 4 is 21.6 Å². The standard InChI is InChI=1S/C23H32N2O3S/c1-7-21(25(29(6,27)28)20-11-9-8-10-12-20)22(26)24-17(2)18-13-15-19(16-14-18)23(3,4)5/h8-17,21H,7H2,1-6H3,(H,24,26)/t17-,21-/m1/s1. The summed E-state index contributed by atoms with van der Waals surface area (Å²) >= 11 is 0. The largest absolute Gasteiger partial charge is 0.348 e. The van der Waals surface area contributed by atoms with E-state index in [1.807, 2.05) is 32.0 Å². The quantitative estimate of drug-likeness (QED) is 0.727. The van der Waals surface area contributed by atoms with Crippen LogP contribution in [0.25, 0.3) is 0 Å². The van der Waals surface area contributed by atoms with Crippen LogP contribution in [0.5, 0.6) is 0 Å². The zero-order chi connectivity index (χ0) is 21.8. The summed E-state index contributed by atoms with van der Waals surface area (Å²) in [5, 5.41) is 2.98. The van der Waals surface area contributed by atoms with Crippen LogP contribution >= 0.6 is 0 Å². The lowest BCUT2D eigenvalue weighted by Crippen LogP contribution is -2.49. The van der Waals surface area contributed by atoms with E-state index in [1.165, 1.54) is 9.87 Å². The van der Waals surface area contributed by atoms with Crippen molar-refractivity contribution < 1.29 is 13.2 Å². The number of carbonyl (C=O) groups is 1. The molecule has 158 valence electrons. The van der Waals surface area contributed by atoms with Crippen LogP contribution in [0.15, 0.2) is 54.6 Å². The third-order valence-electron chi connectivity index (χ3n) is 4.98. The SMILES string of the molecule is CC[C@H](C(=O)N[C@H](C)c1ccc(C(C)(C)C)cc1)N(c1ccccc1)S(C)(=O)=O. The fraction of sp³-hybridized carbons (Fsp3) is 0.435. The monoisotopic (exact) mass is 416 g/mol. The molecule has 0 saturated carbocycles. The Labute approximate surface area is 175 Å². The number of para-hydroxylation sites is 1.